The van der Waals surface area contributed by atoms with Crippen molar-refractivity contribution in [1.82, 2.24) is 26.1 Å². The number of urea groups is 1. The number of nitrogens with zero attached hydrogens (tertiary/aromatic N) is 2. The molecule has 1 aromatic carbocycles. The van der Waals surface area contributed by atoms with E-state index in [1.807, 2.05) is 30.6 Å². The first kappa shape index (κ1) is 31.3. The van der Waals surface area contributed by atoms with Crippen molar-refractivity contribution in [2.75, 3.05) is 6.54 Å². The number of piperidine rings is 1. The molecule has 0 spiro atoms. The number of carbonyl (C=O) groups excluding carboxylic acids is 4. The Labute approximate surface area is 237 Å². The second-order valence-corrected chi connectivity index (χ2v) is 11.1. The molecule has 0 saturated carbocycles. The molecule has 2 aliphatic heterocycles. The number of hydrogen-bond acceptors (Lipinski definition) is 8. The van der Waals surface area contributed by atoms with Gasteiger partial charge in [-0.1, -0.05) is 18.2 Å². The zero-order valence-corrected chi connectivity index (χ0v) is 23.5. The molecule has 2 aromatic rings. The van der Waals surface area contributed by atoms with E-state index in [9.17, 15) is 27.6 Å². The normalized spacial score (nSPS) is 18.1. The van der Waals surface area contributed by atoms with E-state index in [1.165, 1.54) is 12.1 Å². The summed E-state index contributed by atoms with van der Waals surface area (Å²) in [6.45, 7) is 5.47. The Kier molecular flexibility index (Phi) is 10.2. The highest BCUT2D eigenvalue weighted by Crippen LogP contribution is 2.30. The molecule has 41 heavy (non-hydrogen) atoms. The molecule has 1 aromatic heterocycles. The van der Waals surface area contributed by atoms with Gasteiger partial charge in [-0.2, -0.15) is 13.5 Å². The third-order valence-corrected chi connectivity index (χ3v) is 6.11. The van der Waals surface area contributed by atoms with E-state index in [1.54, 1.807) is 32.9 Å². The minimum atomic E-state index is -4.89. The molecule has 2 saturated heterocycles. The molecular weight excluding hydrogens is 560 g/mol. The molecule has 5 N–H and O–H groups in total. The van der Waals surface area contributed by atoms with Gasteiger partial charge in [0.25, 0.3) is 11.8 Å². The molecular formula is C25H33N6O9S+. The Bertz CT molecular complexity index is 1310. The van der Waals surface area contributed by atoms with Gasteiger partial charge < -0.3 is 15.0 Å². The van der Waals surface area contributed by atoms with Crippen LogP contribution in [0.15, 0.2) is 54.9 Å². The summed E-state index contributed by atoms with van der Waals surface area (Å²) in [5, 5.41) is 3.13. The molecule has 4 rings (SSSR count). The number of aromatic amines is 1. The Morgan fingerprint density at radius 3 is 2.24 bits per heavy atom. The summed E-state index contributed by atoms with van der Waals surface area (Å²) < 4.78 is 40.2. The van der Waals surface area contributed by atoms with E-state index >= 15 is 0 Å². The maximum Gasteiger partial charge on any atom is 0.418 e. The number of rotatable bonds is 6. The van der Waals surface area contributed by atoms with Crippen LogP contribution in [0.1, 0.15) is 49.5 Å². The first-order valence-electron chi connectivity index (χ1n) is 12.6. The molecule has 0 aliphatic carbocycles. The summed E-state index contributed by atoms with van der Waals surface area (Å²) in [7, 11) is -4.89. The SMILES string of the molecule is CC(C)(C)OC(=O)NCc1ccc(C(=O)NNC(=O)C2CCC3CN2C(=O)N3OS(=O)(=O)O)cc1.c1cc[nH+]cc1. The van der Waals surface area contributed by atoms with Crippen LogP contribution in [0.2, 0.25) is 0 Å². The molecule has 222 valence electrons. The van der Waals surface area contributed by atoms with Gasteiger partial charge in [-0.05, 0) is 51.3 Å². The number of benzene rings is 1. The third kappa shape index (κ3) is 9.70. The zero-order chi connectivity index (χ0) is 30.2. The molecule has 2 unspecified atom stereocenters. The average molecular weight is 594 g/mol. The molecule has 2 bridgehead atoms. The van der Waals surface area contributed by atoms with Crippen molar-refractivity contribution in [3.8, 4) is 0 Å². The smallest absolute Gasteiger partial charge is 0.418 e. The standard InChI is InChI=1S/C20H27N5O9S.C5H5N/c1-20(2,3)33-18(28)21-10-12-4-6-13(7-5-12)16(26)22-23-17(27)15-9-8-14-11-24(15)19(29)25(14)34-35(30,31)32;1-2-4-6-5-3-1/h4-7,14-15H,8-11H2,1-3H3,(H,21,28)(H,22,26)(H,23,27)(H,30,31,32);1-5H/p+1. The van der Waals surface area contributed by atoms with Crippen molar-refractivity contribution in [1.29, 1.82) is 0 Å². The van der Waals surface area contributed by atoms with Crippen LogP contribution >= 0.6 is 0 Å². The van der Waals surface area contributed by atoms with E-state index in [4.69, 9.17) is 9.29 Å². The van der Waals surface area contributed by atoms with Gasteiger partial charge in [0.15, 0.2) is 12.4 Å². The van der Waals surface area contributed by atoms with Gasteiger partial charge in [0, 0.05) is 30.8 Å². The summed E-state index contributed by atoms with van der Waals surface area (Å²) in [5.74, 6) is -1.28. The Morgan fingerprint density at radius 1 is 1.05 bits per heavy atom. The van der Waals surface area contributed by atoms with Crippen LogP contribution in [0.4, 0.5) is 9.59 Å². The molecule has 15 nitrogen and oxygen atoms in total. The van der Waals surface area contributed by atoms with Crippen molar-refractivity contribution in [2.45, 2.75) is 57.8 Å². The minimum absolute atomic E-state index is 0.0270. The van der Waals surface area contributed by atoms with Crippen molar-refractivity contribution in [3.05, 3.63) is 66.0 Å². The van der Waals surface area contributed by atoms with Crippen molar-refractivity contribution in [2.24, 2.45) is 0 Å². The number of amides is 5. The quantitative estimate of drug-likeness (QED) is 0.278. The summed E-state index contributed by atoms with van der Waals surface area (Å²) in [5.41, 5.74) is 4.86. The number of alkyl carbamates (subject to hydrolysis) is 1. The first-order chi connectivity index (χ1) is 19.2. The highest BCUT2D eigenvalue weighted by atomic mass is 32.3. The topological polar surface area (TPSA) is 198 Å². The largest absolute Gasteiger partial charge is 0.444 e. The Morgan fingerprint density at radius 2 is 1.71 bits per heavy atom. The molecule has 5 amide bonds. The molecule has 2 fully saturated rings. The molecule has 2 aliphatic rings. The van der Waals surface area contributed by atoms with Crippen molar-refractivity contribution >= 4 is 34.3 Å². The molecule has 3 heterocycles. The Balaban J connectivity index is 0.000000681. The number of nitrogens with one attached hydrogen (secondary N) is 4. The fraction of sp³-hybridized carbons (Fsp3) is 0.400. The van der Waals surface area contributed by atoms with Crippen molar-refractivity contribution < 1.29 is 46.2 Å². The van der Waals surface area contributed by atoms with Gasteiger partial charge >= 0.3 is 22.5 Å². The second-order valence-electron chi connectivity index (χ2n) is 10.1. The van der Waals surface area contributed by atoms with E-state index in [0.717, 1.165) is 10.5 Å². The lowest BCUT2D eigenvalue weighted by molar-refractivity contribution is -0.377. The highest BCUT2D eigenvalue weighted by molar-refractivity contribution is 7.80. The summed E-state index contributed by atoms with van der Waals surface area (Å²) in [4.78, 5) is 53.0. The van der Waals surface area contributed by atoms with Gasteiger partial charge in [0.05, 0.1) is 6.04 Å². The fourth-order valence-electron chi connectivity index (χ4n) is 3.98. The Hall–Kier alpha value is -4.28. The number of pyridine rings is 1. The van der Waals surface area contributed by atoms with E-state index in [0.29, 0.717) is 5.06 Å². The highest BCUT2D eigenvalue weighted by Gasteiger charge is 2.49. The predicted molar refractivity (Wildman–Crippen MR) is 142 cm³/mol. The number of fused-ring (bicyclic) bond motifs is 2. The lowest BCUT2D eigenvalue weighted by Crippen LogP contribution is -2.54. The number of aromatic nitrogens is 1. The zero-order valence-electron chi connectivity index (χ0n) is 22.7. The van der Waals surface area contributed by atoms with Gasteiger partial charge in [0.1, 0.15) is 11.6 Å². The van der Waals surface area contributed by atoms with E-state index in [-0.39, 0.29) is 31.5 Å². The molecule has 0 radical (unpaired) electrons. The number of hydroxylamine groups is 2. The van der Waals surface area contributed by atoms with Crippen LogP contribution in [0, 0.1) is 0 Å². The maximum atomic E-state index is 12.6. The fourth-order valence-corrected chi connectivity index (χ4v) is 4.37. The van der Waals surface area contributed by atoms with Crippen LogP contribution < -0.4 is 21.2 Å². The van der Waals surface area contributed by atoms with Crippen LogP contribution in [0.5, 0.6) is 0 Å². The van der Waals surface area contributed by atoms with Crippen LogP contribution in [0.25, 0.3) is 0 Å². The molecule has 2 atom stereocenters. The number of ether oxygens (including phenoxy) is 1. The van der Waals surface area contributed by atoms with E-state index < -0.39 is 52.0 Å². The number of hydrazine groups is 1. The predicted octanol–water partition coefficient (Wildman–Crippen LogP) is 0.976. The van der Waals surface area contributed by atoms with Gasteiger partial charge in [-0.3, -0.25) is 25.0 Å². The number of H-pyrrole nitrogens is 1. The number of hydrogen-bond donors (Lipinski definition) is 4. The summed E-state index contributed by atoms with van der Waals surface area (Å²) >= 11 is 0. The third-order valence-electron chi connectivity index (χ3n) is 5.76. The second kappa shape index (κ2) is 13.4. The average Bonchev–Trinajstić information content (AvgIpc) is 3.14. The van der Waals surface area contributed by atoms with Gasteiger partial charge in [-0.15, -0.1) is 4.28 Å². The monoisotopic (exact) mass is 593 g/mol. The van der Waals surface area contributed by atoms with Crippen molar-refractivity contribution in [3.63, 3.8) is 0 Å². The first-order valence-corrected chi connectivity index (χ1v) is 13.9. The van der Waals surface area contributed by atoms with E-state index in [2.05, 4.69) is 25.4 Å². The summed E-state index contributed by atoms with van der Waals surface area (Å²) in [6.07, 6.45) is 3.63. The minimum Gasteiger partial charge on any atom is -0.444 e. The van der Waals surface area contributed by atoms with Crippen LogP contribution in [0.3, 0.4) is 0 Å². The van der Waals surface area contributed by atoms with Gasteiger partial charge in [-0.25, -0.2) is 14.6 Å². The number of carbonyl (C=O) groups is 4. The molecule has 16 heteroatoms. The van der Waals surface area contributed by atoms with Crippen LogP contribution in [-0.2, 0) is 30.8 Å². The van der Waals surface area contributed by atoms with Crippen LogP contribution in [-0.4, -0.2) is 71.1 Å². The lowest BCUT2D eigenvalue weighted by Gasteiger charge is -2.29. The maximum absolute atomic E-state index is 12.6. The summed E-state index contributed by atoms with van der Waals surface area (Å²) in [6, 6.07) is 9.65. The lowest BCUT2D eigenvalue weighted by atomic mass is 10.0. The van der Waals surface area contributed by atoms with Gasteiger partial charge in [0.2, 0.25) is 0 Å².